The number of guanidine groups is 1. The molecule has 5 nitrogen and oxygen atoms in total. The van der Waals surface area contributed by atoms with Crippen molar-refractivity contribution in [3.05, 3.63) is 35.4 Å². The summed E-state index contributed by atoms with van der Waals surface area (Å²) in [6.45, 7) is 6.53. The van der Waals surface area contributed by atoms with Gasteiger partial charge in [-0.3, -0.25) is 0 Å². The van der Waals surface area contributed by atoms with Crippen molar-refractivity contribution in [3.63, 3.8) is 0 Å². The van der Waals surface area contributed by atoms with E-state index in [0.717, 1.165) is 37.5 Å². The number of carbonyl (C=O) groups excluding carboxylic acids is 1. The van der Waals surface area contributed by atoms with Gasteiger partial charge in [-0.05, 0) is 31.0 Å². The fourth-order valence-corrected chi connectivity index (χ4v) is 1.76. The maximum atomic E-state index is 11.4. The van der Waals surface area contributed by atoms with Gasteiger partial charge < -0.3 is 15.4 Å². The lowest BCUT2D eigenvalue weighted by Gasteiger charge is -2.10. The first-order chi connectivity index (χ1) is 10.2. The average Bonchev–Trinajstić information content (AvgIpc) is 2.52. The monoisotopic (exact) mass is 419 g/mol. The molecule has 1 rings (SSSR count). The Labute approximate surface area is 149 Å². The lowest BCUT2D eigenvalue weighted by molar-refractivity contribution is 0.0600. The fourth-order valence-electron chi connectivity index (χ4n) is 1.76. The zero-order valence-corrected chi connectivity index (χ0v) is 15.8. The first-order valence-corrected chi connectivity index (χ1v) is 7.40. The van der Waals surface area contributed by atoms with Crippen molar-refractivity contribution in [2.75, 3.05) is 20.2 Å². The van der Waals surface area contributed by atoms with Crippen molar-refractivity contribution in [1.29, 1.82) is 0 Å². The van der Waals surface area contributed by atoms with E-state index in [1.54, 1.807) is 12.1 Å². The van der Waals surface area contributed by atoms with E-state index in [0.29, 0.717) is 12.1 Å². The summed E-state index contributed by atoms with van der Waals surface area (Å²) in [6.07, 6.45) is 2.28. The minimum atomic E-state index is -0.320. The van der Waals surface area contributed by atoms with Crippen LogP contribution in [0.5, 0.6) is 0 Å². The number of unbranched alkanes of at least 4 members (excludes halogenated alkanes) is 1. The van der Waals surface area contributed by atoms with Crippen LogP contribution < -0.4 is 10.6 Å². The van der Waals surface area contributed by atoms with Crippen molar-refractivity contribution in [2.24, 2.45) is 4.99 Å². The highest BCUT2D eigenvalue weighted by atomic mass is 127. The van der Waals surface area contributed by atoms with Crippen LogP contribution in [0.1, 0.15) is 42.6 Å². The largest absolute Gasteiger partial charge is 0.465 e. The van der Waals surface area contributed by atoms with Crippen LogP contribution in [0.15, 0.2) is 29.3 Å². The highest BCUT2D eigenvalue weighted by Crippen LogP contribution is 2.06. The van der Waals surface area contributed by atoms with Gasteiger partial charge in [0.1, 0.15) is 0 Å². The molecule has 0 aliphatic rings. The molecule has 0 aromatic heterocycles. The zero-order valence-electron chi connectivity index (χ0n) is 13.5. The van der Waals surface area contributed by atoms with E-state index in [4.69, 9.17) is 0 Å². The summed E-state index contributed by atoms with van der Waals surface area (Å²) in [5.74, 6) is 0.502. The van der Waals surface area contributed by atoms with Crippen molar-refractivity contribution < 1.29 is 9.53 Å². The standard InChI is InChI=1S/C16H25N3O2.HI/c1-4-6-11-18-16(17-5-2)19-12-13-7-9-14(10-8-13)15(20)21-3;/h7-10H,4-6,11-12H2,1-3H3,(H2,17,18,19);1H. The Balaban J connectivity index is 0.00000441. The summed E-state index contributed by atoms with van der Waals surface area (Å²) >= 11 is 0. The Kier molecular flexibility index (Phi) is 11.5. The molecule has 0 heterocycles. The van der Waals surface area contributed by atoms with Crippen molar-refractivity contribution in [1.82, 2.24) is 10.6 Å². The number of rotatable bonds is 7. The van der Waals surface area contributed by atoms with Crippen LogP contribution in [0.4, 0.5) is 0 Å². The van der Waals surface area contributed by atoms with Crippen molar-refractivity contribution >= 4 is 35.9 Å². The molecule has 22 heavy (non-hydrogen) atoms. The third-order valence-corrected chi connectivity index (χ3v) is 2.96. The van der Waals surface area contributed by atoms with Crippen LogP contribution >= 0.6 is 24.0 Å². The fraction of sp³-hybridized carbons (Fsp3) is 0.500. The topological polar surface area (TPSA) is 62.7 Å². The predicted molar refractivity (Wildman–Crippen MR) is 101 cm³/mol. The van der Waals surface area contributed by atoms with E-state index in [9.17, 15) is 4.79 Å². The normalized spacial score (nSPS) is 10.6. The lowest BCUT2D eigenvalue weighted by atomic mass is 10.1. The third-order valence-electron chi connectivity index (χ3n) is 2.96. The van der Waals surface area contributed by atoms with Crippen LogP contribution in [-0.4, -0.2) is 32.1 Å². The van der Waals surface area contributed by atoms with E-state index >= 15 is 0 Å². The van der Waals surface area contributed by atoms with Crippen molar-refractivity contribution in [2.45, 2.75) is 33.2 Å². The summed E-state index contributed by atoms with van der Waals surface area (Å²) < 4.78 is 4.67. The number of ether oxygens (including phenoxy) is 1. The number of nitrogens with zero attached hydrogens (tertiary/aromatic N) is 1. The summed E-state index contributed by atoms with van der Waals surface area (Å²) in [5, 5.41) is 6.51. The molecular weight excluding hydrogens is 393 g/mol. The Morgan fingerprint density at radius 3 is 2.41 bits per heavy atom. The Morgan fingerprint density at radius 1 is 1.18 bits per heavy atom. The molecular formula is C16H26IN3O2. The van der Waals surface area contributed by atoms with Crippen LogP contribution in [0, 0.1) is 0 Å². The van der Waals surface area contributed by atoms with Crippen LogP contribution in [0.3, 0.4) is 0 Å². The number of hydrogen-bond donors (Lipinski definition) is 2. The summed E-state index contributed by atoms with van der Waals surface area (Å²) in [4.78, 5) is 15.9. The second-order valence-electron chi connectivity index (χ2n) is 4.66. The van der Waals surface area contributed by atoms with E-state index < -0.39 is 0 Å². The molecule has 124 valence electrons. The Hall–Kier alpha value is -1.31. The third kappa shape index (κ3) is 7.63. The highest BCUT2D eigenvalue weighted by molar-refractivity contribution is 14.0. The number of carbonyl (C=O) groups is 1. The molecule has 0 saturated carbocycles. The summed E-state index contributed by atoms with van der Waals surface area (Å²) in [7, 11) is 1.38. The maximum Gasteiger partial charge on any atom is 0.337 e. The Morgan fingerprint density at radius 2 is 1.86 bits per heavy atom. The Bertz CT molecular complexity index is 461. The van der Waals surface area contributed by atoms with E-state index in [1.807, 2.05) is 19.1 Å². The quantitative estimate of drug-likeness (QED) is 0.235. The molecule has 0 saturated heterocycles. The molecule has 6 heteroatoms. The van der Waals surface area contributed by atoms with Gasteiger partial charge in [-0.25, -0.2) is 9.79 Å². The molecule has 0 amide bonds. The molecule has 0 atom stereocenters. The molecule has 0 unspecified atom stereocenters. The molecule has 0 bridgehead atoms. The van der Waals surface area contributed by atoms with Gasteiger partial charge in [-0.1, -0.05) is 25.5 Å². The van der Waals surface area contributed by atoms with E-state index in [1.165, 1.54) is 7.11 Å². The lowest BCUT2D eigenvalue weighted by Crippen LogP contribution is -2.37. The molecule has 1 aromatic rings. The number of nitrogens with one attached hydrogen (secondary N) is 2. The predicted octanol–water partition coefficient (Wildman–Crippen LogP) is 2.95. The SMILES string of the molecule is CCCCNC(=NCc1ccc(C(=O)OC)cc1)NCC.I. The van der Waals surface area contributed by atoms with Crippen LogP contribution in [0.25, 0.3) is 0 Å². The van der Waals surface area contributed by atoms with Gasteiger partial charge in [-0.15, -0.1) is 24.0 Å². The highest BCUT2D eigenvalue weighted by Gasteiger charge is 2.04. The number of hydrogen-bond acceptors (Lipinski definition) is 3. The van der Waals surface area contributed by atoms with Gasteiger partial charge in [0.25, 0.3) is 0 Å². The van der Waals surface area contributed by atoms with Crippen LogP contribution in [-0.2, 0) is 11.3 Å². The van der Waals surface area contributed by atoms with E-state index in [-0.39, 0.29) is 29.9 Å². The van der Waals surface area contributed by atoms with Gasteiger partial charge >= 0.3 is 5.97 Å². The number of benzene rings is 1. The zero-order chi connectivity index (χ0) is 15.5. The van der Waals surface area contributed by atoms with Gasteiger partial charge in [0.15, 0.2) is 5.96 Å². The van der Waals surface area contributed by atoms with Gasteiger partial charge in [0.05, 0.1) is 19.2 Å². The molecule has 0 radical (unpaired) electrons. The number of methoxy groups -OCH3 is 1. The number of aliphatic imine (C=N–C) groups is 1. The minimum absolute atomic E-state index is 0. The molecule has 0 aliphatic carbocycles. The van der Waals surface area contributed by atoms with Crippen molar-refractivity contribution in [3.8, 4) is 0 Å². The average molecular weight is 419 g/mol. The van der Waals surface area contributed by atoms with E-state index in [2.05, 4.69) is 27.3 Å². The molecule has 2 N–H and O–H groups in total. The molecule has 0 spiro atoms. The second kappa shape index (κ2) is 12.3. The molecule has 0 fully saturated rings. The van der Waals surface area contributed by atoms with Gasteiger partial charge in [-0.2, -0.15) is 0 Å². The smallest absolute Gasteiger partial charge is 0.337 e. The first kappa shape index (κ1) is 20.7. The van der Waals surface area contributed by atoms with Crippen LogP contribution in [0.2, 0.25) is 0 Å². The minimum Gasteiger partial charge on any atom is -0.465 e. The molecule has 1 aromatic carbocycles. The maximum absolute atomic E-state index is 11.4. The number of halogens is 1. The second-order valence-corrected chi connectivity index (χ2v) is 4.66. The number of esters is 1. The van der Waals surface area contributed by atoms with Gasteiger partial charge in [0.2, 0.25) is 0 Å². The molecule has 0 aliphatic heterocycles. The van der Waals surface area contributed by atoms with Gasteiger partial charge in [0, 0.05) is 13.1 Å². The summed E-state index contributed by atoms with van der Waals surface area (Å²) in [5.41, 5.74) is 1.61. The summed E-state index contributed by atoms with van der Waals surface area (Å²) in [6, 6.07) is 7.30. The first-order valence-electron chi connectivity index (χ1n) is 7.40.